The van der Waals surface area contributed by atoms with Crippen molar-refractivity contribution in [3.05, 3.63) is 57.6 Å². The number of ether oxygens (including phenoxy) is 1. The molecule has 0 saturated heterocycles. The first-order valence-corrected chi connectivity index (χ1v) is 7.75. The van der Waals surface area contributed by atoms with Crippen LogP contribution in [0, 0.1) is 13.8 Å². The molecular formula is C17H17BrN2O3. The van der Waals surface area contributed by atoms with E-state index in [1.807, 2.05) is 32.0 Å². The molecule has 0 fully saturated rings. The van der Waals surface area contributed by atoms with E-state index in [4.69, 9.17) is 4.74 Å². The fourth-order valence-corrected chi connectivity index (χ4v) is 2.38. The predicted molar refractivity (Wildman–Crippen MR) is 93.0 cm³/mol. The van der Waals surface area contributed by atoms with Crippen LogP contribution in [0.1, 0.15) is 16.7 Å². The van der Waals surface area contributed by atoms with Crippen LogP contribution in [0.15, 0.2) is 46.0 Å². The highest BCUT2D eigenvalue weighted by Gasteiger charge is 2.03. The van der Waals surface area contributed by atoms with Gasteiger partial charge in [0.15, 0.2) is 6.61 Å². The molecule has 2 aromatic rings. The summed E-state index contributed by atoms with van der Waals surface area (Å²) in [5.74, 6) is 0.346. The second-order valence-electron chi connectivity index (χ2n) is 5.11. The van der Waals surface area contributed by atoms with Crippen molar-refractivity contribution in [2.24, 2.45) is 5.10 Å². The fraction of sp³-hybridized carbons (Fsp3) is 0.176. The molecule has 0 unspecified atom stereocenters. The first-order chi connectivity index (χ1) is 10.9. The molecule has 2 N–H and O–H groups in total. The lowest BCUT2D eigenvalue weighted by atomic mass is 10.1. The Morgan fingerprint density at radius 3 is 2.65 bits per heavy atom. The number of aromatic hydroxyl groups is 1. The van der Waals surface area contributed by atoms with Crippen molar-refractivity contribution in [1.29, 1.82) is 0 Å². The molecule has 0 radical (unpaired) electrons. The van der Waals surface area contributed by atoms with Gasteiger partial charge in [0.25, 0.3) is 5.91 Å². The highest BCUT2D eigenvalue weighted by atomic mass is 79.9. The van der Waals surface area contributed by atoms with Crippen molar-refractivity contribution in [1.82, 2.24) is 5.43 Å². The quantitative estimate of drug-likeness (QED) is 0.621. The Kier molecular flexibility index (Phi) is 5.76. The maximum Gasteiger partial charge on any atom is 0.277 e. The number of phenols is 1. The van der Waals surface area contributed by atoms with E-state index in [-0.39, 0.29) is 18.3 Å². The molecule has 0 saturated carbocycles. The third kappa shape index (κ3) is 5.41. The molecule has 0 aromatic heterocycles. The summed E-state index contributed by atoms with van der Waals surface area (Å²) in [7, 11) is 0. The fourth-order valence-electron chi connectivity index (χ4n) is 2.00. The smallest absolute Gasteiger partial charge is 0.277 e. The zero-order valence-electron chi connectivity index (χ0n) is 12.8. The van der Waals surface area contributed by atoms with Crippen LogP contribution in [0.3, 0.4) is 0 Å². The Morgan fingerprint density at radius 2 is 1.96 bits per heavy atom. The van der Waals surface area contributed by atoms with Crippen molar-refractivity contribution >= 4 is 28.1 Å². The van der Waals surface area contributed by atoms with Gasteiger partial charge in [0.1, 0.15) is 11.5 Å². The van der Waals surface area contributed by atoms with Gasteiger partial charge in [0.2, 0.25) is 0 Å². The summed E-state index contributed by atoms with van der Waals surface area (Å²) in [5.41, 5.74) is 5.00. The van der Waals surface area contributed by atoms with Gasteiger partial charge in [-0.3, -0.25) is 4.79 Å². The monoisotopic (exact) mass is 376 g/mol. The van der Waals surface area contributed by atoms with Crippen LogP contribution in [0.25, 0.3) is 0 Å². The average molecular weight is 377 g/mol. The number of nitrogens with one attached hydrogen (secondary N) is 1. The van der Waals surface area contributed by atoms with Gasteiger partial charge in [0.05, 0.1) is 6.21 Å². The topological polar surface area (TPSA) is 70.9 Å². The molecule has 0 spiro atoms. The number of phenolic OH excluding ortho intramolecular Hbond substituents is 1. The van der Waals surface area contributed by atoms with Crippen LogP contribution in [-0.4, -0.2) is 23.8 Å². The van der Waals surface area contributed by atoms with Crippen LogP contribution in [0.5, 0.6) is 11.5 Å². The third-order valence-electron chi connectivity index (χ3n) is 2.95. The molecular weight excluding hydrogens is 360 g/mol. The summed E-state index contributed by atoms with van der Waals surface area (Å²) < 4.78 is 6.24. The lowest BCUT2D eigenvalue weighted by Crippen LogP contribution is -2.24. The molecule has 0 aliphatic heterocycles. The molecule has 0 aliphatic rings. The summed E-state index contributed by atoms with van der Waals surface area (Å²) in [6.45, 7) is 3.80. The molecule has 2 aromatic carbocycles. The number of hydrogen-bond donors (Lipinski definition) is 2. The maximum absolute atomic E-state index is 11.7. The molecule has 5 nitrogen and oxygen atoms in total. The normalized spacial score (nSPS) is 10.7. The van der Waals surface area contributed by atoms with E-state index < -0.39 is 0 Å². The number of benzene rings is 2. The number of hydrazone groups is 1. The number of halogens is 1. The molecule has 0 atom stereocenters. The van der Waals surface area contributed by atoms with E-state index in [0.29, 0.717) is 11.3 Å². The van der Waals surface area contributed by atoms with E-state index >= 15 is 0 Å². The molecule has 2 rings (SSSR count). The number of amides is 1. The van der Waals surface area contributed by atoms with Gasteiger partial charge in [-0.05, 0) is 55.3 Å². The van der Waals surface area contributed by atoms with Crippen LogP contribution in [0.4, 0.5) is 0 Å². The van der Waals surface area contributed by atoms with Crippen molar-refractivity contribution in [2.75, 3.05) is 6.61 Å². The minimum atomic E-state index is -0.380. The Morgan fingerprint density at radius 1 is 1.26 bits per heavy atom. The van der Waals surface area contributed by atoms with Gasteiger partial charge in [-0.25, -0.2) is 5.43 Å². The first kappa shape index (κ1) is 17.0. The first-order valence-electron chi connectivity index (χ1n) is 6.95. The van der Waals surface area contributed by atoms with Crippen LogP contribution in [-0.2, 0) is 4.79 Å². The van der Waals surface area contributed by atoms with Gasteiger partial charge >= 0.3 is 0 Å². The second-order valence-corrected chi connectivity index (χ2v) is 6.02. The summed E-state index contributed by atoms with van der Waals surface area (Å²) in [6, 6.07) is 10.7. The average Bonchev–Trinajstić information content (AvgIpc) is 2.48. The molecule has 0 heterocycles. The number of aryl methyl sites for hydroxylation is 2. The SMILES string of the molecule is Cc1cc(C)cc(OCC(=O)NN=Cc2cc(Br)ccc2O)c1. The molecule has 0 aliphatic carbocycles. The lowest BCUT2D eigenvalue weighted by Gasteiger charge is -2.07. The van der Waals surface area contributed by atoms with Gasteiger partial charge in [0, 0.05) is 10.0 Å². The van der Waals surface area contributed by atoms with Crippen LogP contribution >= 0.6 is 15.9 Å². The summed E-state index contributed by atoms with van der Waals surface area (Å²) in [4.78, 5) is 11.7. The van der Waals surface area contributed by atoms with Crippen molar-refractivity contribution in [2.45, 2.75) is 13.8 Å². The summed E-state index contributed by atoms with van der Waals surface area (Å²) in [5, 5.41) is 13.5. The predicted octanol–water partition coefficient (Wildman–Crippen LogP) is 3.30. The Bertz CT molecular complexity index is 724. The highest BCUT2D eigenvalue weighted by molar-refractivity contribution is 9.10. The highest BCUT2D eigenvalue weighted by Crippen LogP contribution is 2.20. The molecule has 1 amide bonds. The molecule has 6 heteroatoms. The largest absolute Gasteiger partial charge is 0.507 e. The summed E-state index contributed by atoms with van der Waals surface area (Å²) in [6.07, 6.45) is 1.37. The van der Waals surface area contributed by atoms with Gasteiger partial charge < -0.3 is 9.84 Å². The third-order valence-corrected chi connectivity index (χ3v) is 3.44. The van der Waals surface area contributed by atoms with E-state index in [2.05, 4.69) is 26.5 Å². The lowest BCUT2D eigenvalue weighted by molar-refractivity contribution is -0.123. The van der Waals surface area contributed by atoms with E-state index in [1.54, 1.807) is 12.1 Å². The standard InChI is InChI=1S/C17H17BrN2O3/c1-11-5-12(2)7-15(6-11)23-10-17(22)20-19-9-13-8-14(18)3-4-16(13)21/h3-9,21H,10H2,1-2H3,(H,20,22). The molecule has 120 valence electrons. The Hall–Kier alpha value is -2.34. The second kappa shape index (κ2) is 7.78. The van der Waals surface area contributed by atoms with E-state index in [1.165, 1.54) is 12.3 Å². The van der Waals surface area contributed by atoms with Gasteiger partial charge in [-0.15, -0.1) is 0 Å². The molecule has 0 bridgehead atoms. The van der Waals surface area contributed by atoms with Gasteiger partial charge in [-0.1, -0.05) is 22.0 Å². The number of hydrogen-bond acceptors (Lipinski definition) is 4. The van der Waals surface area contributed by atoms with Crippen molar-refractivity contribution in [3.63, 3.8) is 0 Å². The minimum Gasteiger partial charge on any atom is -0.507 e. The zero-order valence-corrected chi connectivity index (χ0v) is 14.4. The summed E-state index contributed by atoms with van der Waals surface area (Å²) >= 11 is 3.30. The van der Waals surface area contributed by atoms with E-state index in [0.717, 1.165) is 15.6 Å². The molecule has 23 heavy (non-hydrogen) atoms. The number of carbonyl (C=O) groups is 1. The Labute approximate surface area is 143 Å². The number of nitrogens with zero attached hydrogens (tertiary/aromatic N) is 1. The minimum absolute atomic E-state index is 0.0812. The van der Waals surface area contributed by atoms with Gasteiger partial charge in [-0.2, -0.15) is 5.10 Å². The maximum atomic E-state index is 11.7. The number of rotatable bonds is 5. The van der Waals surface area contributed by atoms with E-state index in [9.17, 15) is 9.90 Å². The van der Waals surface area contributed by atoms with Crippen LogP contribution < -0.4 is 10.2 Å². The van der Waals surface area contributed by atoms with Crippen molar-refractivity contribution in [3.8, 4) is 11.5 Å². The van der Waals surface area contributed by atoms with Crippen molar-refractivity contribution < 1.29 is 14.6 Å². The zero-order chi connectivity index (χ0) is 16.8. The number of carbonyl (C=O) groups excluding carboxylic acids is 1. The Balaban J connectivity index is 1.87. The van der Waals surface area contributed by atoms with Crippen LogP contribution in [0.2, 0.25) is 0 Å².